The van der Waals surface area contributed by atoms with E-state index in [0.29, 0.717) is 16.7 Å². The predicted octanol–water partition coefficient (Wildman–Crippen LogP) is 4.03. The Bertz CT molecular complexity index is 757. The molecule has 96 valence electrons. The van der Waals surface area contributed by atoms with Gasteiger partial charge in [-0.1, -0.05) is 17.7 Å². The topological polar surface area (TPSA) is 61.0 Å². The molecule has 0 unspecified atom stereocenters. The zero-order valence-corrected chi connectivity index (χ0v) is 11.6. The second-order valence-corrected chi connectivity index (χ2v) is 5.36. The Kier molecular flexibility index (Phi) is 3.00. The summed E-state index contributed by atoms with van der Waals surface area (Å²) in [6.07, 6.45) is 0. The number of nitrogens with zero attached hydrogens (tertiary/aromatic N) is 2. The third-order valence-corrected chi connectivity index (χ3v) is 3.72. The lowest BCUT2D eigenvalue weighted by atomic mass is 10.2. The molecule has 0 aliphatic rings. The molecule has 6 heteroatoms. The number of aryl methyl sites for hydroxylation is 1. The number of hydrogen-bond donors (Lipinski definition) is 1. The molecular formula is C13H10ClN3OS. The maximum atomic E-state index is 6.11. The number of hydrogen-bond acceptors (Lipinski definition) is 5. The van der Waals surface area contributed by atoms with Crippen LogP contribution in [0.2, 0.25) is 5.02 Å². The van der Waals surface area contributed by atoms with Gasteiger partial charge in [0.1, 0.15) is 10.6 Å². The van der Waals surface area contributed by atoms with E-state index in [2.05, 4.69) is 9.97 Å². The van der Waals surface area contributed by atoms with Crippen molar-refractivity contribution in [3.8, 4) is 11.6 Å². The van der Waals surface area contributed by atoms with Crippen molar-refractivity contribution >= 4 is 39.1 Å². The van der Waals surface area contributed by atoms with Crippen molar-refractivity contribution in [3.05, 3.63) is 40.2 Å². The summed E-state index contributed by atoms with van der Waals surface area (Å²) in [5, 5.41) is 3.28. The van der Waals surface area contributed by atoms with Crippen LogP contribution in [0.5, 0.6) is 11.6 Å². The van der Waals surface area contributed by atoms with E-state index < -0.39 is 0 Å². The third-order valence-electron chi connectivity index (χ3n) is 2.60. The molecule has 0 aliphatic carbocycles. The summed E-state index contributed by atoms with van der Waals surface area (Å²) >= 11 is 7.60. The molecule has 0 spiro atoms. The highest BCUT2D eigenvalue weighted by molar-refractivity contribution is 7.16. The average molecular weight is 292 g/mol. The smallest absolute Gasteiger partial charge is 0.232 e. The molecule has 0 saturated carbocycles. The van der Waals surface area contributed by atoms with Crippen molar-refractivity contribution < 1.29 is 4.74 Å². The number of benzene rings is 1. The van der Waals surface area contributed by atoms with E-state index in [1.165, 1.54) is 11.3 Å². The van der Waals surface area contributed by atoms with Crippen LogP contribution < -0.4 is 10.5 Å². The number of fused-ring (bicyclic) bond motifs is 1. The Hall–Kier alpha value is -1.85. The van der Waals surface area contributed by atoms with Crippen LogP contribution in [0.1, 0.15) is 5.56 Å². The van der Waals surface area contributed by atoms with Gasteiger partial charge in [-0.15, -0.1) is 11.3 Å². The fraction of sp³-hybridized carbons (Fsp3) is 0.0769. The molecule has 0 amide bonds. The van der Waals surface area contributed by atoms with Crippen molar-refractivity contribution in [2.75, 3.05) is 5.73 Å². The van der Waals surface area contributed by atoms with E-state index in [0.717, 1.165) is 15.8 Å². The molecular weight excluding hydrogens is 282 g/mol. The summed E-state index contributed by atoms with van der Waals surface area (Å²) in [5.74, 6) is 1.18. The standard InChI is InChI=1S/C13H10ClN3OS/c1-7-2-3-9(14)10(6-7)18-11-8-4-5-19-12(8)17-13(15)16-11/h2-6H,1H3,(H2,15,16,17). The Morgan fingerprint density at radius 3 is 2.95 bits per heavy atom. The Balaban J connectivity index is 2.10. The van der Waals surface area contributed by atoms with E-state index in [-0.39, 0.29) is 5.95 Å². The normalized spacial score (nSPS) is 10.8. The minimum Gasteiger partial charge on any atom is -0.437 e. The zero-order chi connectivity index (χ0) is 13.4. The molecule has 2 N–H and O–H groups in total. The second-order valence-electron chi connectivity index (χ2n) is 4.06. The number of nitrogens with two attached hydrogens (primary N) is 1. The van der Waals surface area contributed by atoms with Gasteiger partial charge in [0, 0.05) is 0 Å². The van der Waals surface area contributed by atoms with Crippen LogP contribution in [-0.2, 0) is 0 Å². The largest absolute Gasteiger partial charge is 0.437 e. The van der Waals surface area contributed by atoms with E-state index in [9.17, 15) is 0 Å². The SMILES string of the molecule is Cc1ccc(Cl)c(Oc2nc(N)nc3sccc23)c1. The van der Waals surface area contributed by atoms with Crippen LogP contribution in [0.3, 0.4) is 0 Å². The molecule has 2 aromatic heterocycles. The monoisotopic (exact) mass is 291 g/mol. The van der Waals surface area contributed by atoms with Crippen molar-refractivity contribution in [2.24, 2.45) is 0 Å². The van der Waals surface area contributed by atoms with Crippen LogP contribution in [0.25, 0.3) is 10.2 Å². The molecule has 3 aromatic rings. The molecule has 0 saturated heterocycles. The maximum absolute atomic E-state index is 6.11. The zero-order valence-electron chi connectivity index (χ0n) is 10.1. The molecule has 0 fully saturated rings. The van der Waals surface area contributed by atoms with Crippen LogP contribution in [0, 0.1) is 6.92 Å². The number of aromatic nitrogens is 2. The van der Waals surface area contributed by atoms with Crippen LogP contribution in [0.15, 0.2) is 29.6 Å². The van der Waals surface area contributed by atoms with E-state index in [4.69, 9.17) is 22.1 Å². The first-order valence-corrected chi connectivity index (χ1v) is 6.84. The van der Waals surface area contributed by atoms with E-state index >= 15 is 0 Å². The highest BCUT2D eigenvalue weighted by atomic mass is 35.5. The van der Waals surface area contributed by atoms with Crippen molar-refractivity contribution in [3.63, 3.8) is 0 Å². The lowest BCUT2D eigenvalue weighted by Gasteiger charge is -2.08. The third kappa shape index (κ3) is 2.34. The Morgan fingerprint density at radius 2 is 2.11 bits per heavy atom. The van der Waals surface area contributed by atoms with Gasteiger partial charge in [0.2, 0.25) is 11.8 Å². The van der Waals surface area contributed by atoms with Gasteiger partial charge in [-0.3, -0.25) is 0 Å². The van der Waals surface area contributed by atoms with Gasteiger partial charge in [0.05, 0.1) is 10.4 Å². The van der Waals surface area contributed by atoms with E-state index in [1.807, 2.05) is 30.5 Å². The highest BCUT2D eigenvalue weighted by Crippen LogP contribution is 2.34. The average Bonchev–Trinajstić information content (AvgIpc) is 2.82. The molecule has 0 radical (unpaired) electrons. The molecule has 0 aliphatic heterocycles. The van der Waals surface area contributed by atoms with Crippen molar-refractivity contribution in [1.82, 2.24) is 9.97 Å². The Labute approximate surface area is 118 Å². The first-order valence-electron chi connectivity index (χ1n) is 5.58. The summed E-state index contributed by atoms with van der Waals surface area (Å²) < 4.78 is 5.79. The van der Waals surface area contributed by atoms with Gasteiger partial charge in [-0.2, -0.15) is 4.98 Å². The number of thiophene rings is 1. The van der Waals surface area contributed by atoms with Gasteiger partial charge < -0.3 is 10.5 Å². The minimum atomic E-state index is 0.189. The van der Waals surface area contributed by atoms with Crippen molar-refractivity contribution in [2.45, 2.75) is 6.92 Å². The fourth-order valence-electron chi connectivity index (χ4n) is 1.71. The van der Waals surface area contributed by atoms with Crippen molar-refractivity contribution in [1.29, 1.82) is 0 Å². The summed E-state index contributed by atoms with van der Waals surface area (Å²) in [7, 11) is 0. The quantitative estimate of drug-likeness (QED) is 0.774. The number of ether oxygens (including phenoxy) is 1. The lowest BCUT2D eigenvalue weighted by Crippen LogP contribution is -1.97. The van der Waals surface area contributed by atoms with Crippen LogP contribution in [0.4, 0.5) is 5.95 Å². The molecule has 2 heterocycles. The summed E-state index contributed by atoms with van der Waals surface area (Å²) in [6, 6.07) is 7.47. The molecule has 0 bridgehead atoms. The number of anilines is 1. The van der Waals surface area contributed by atoms with Gasteiger partial charge >= 0.3 is 0 Å². The predicted molar refractivity (Wildman–Crippen MR) is 78.1 cm³/mol. The van der Waals surface area contributed by atoms with Crippen LogP contribution in [-0.4, -0.2) is 9.97 Å². The van der Waals surface area contributed by atoms with Gasteiger partial charge in [-0.05, 0) is 36.1 Å². The summed E-state index contributed by atoms with van der Waals surface area (Å²) in [4.78, 5) is 9.08. The summed E-state index contributed by atoms with van der Waals surface area (Å²) in [6.45, 7) is 1.97. The fourth-order valence-corrected chi connectivity index (χ4v) is 2.63. The number of halogens is 1. The highest BCUT2D eigenvalue weighted by Gasteiger charge is 2.11. The number of nitrogen functional groups attached to an aromatic ring is 1. The summed E-state index contributed by atoms with van der Waals surface area (Å²) in [5.41, 5.74) is 6.74. The van der Waals surface area contributed by atoms with E-state index in [1.54, 1.807) is 6.07 Å². The Morgan fingerprint density at radius 1 is 1.26 bits per heavy atom. The van der Waals surface area contributed by atoms with Gasteiger partial charge in [0.15, 0.2) is 0 Å². The molecule has 0 atom stereocenters. The first kappa shape index (κ1) is 12.2. The maximum Gasteiger partial charge on any atom is 0.232 e. The first-order chi connectivity index (χ1) is 9.13. The second kappa shape index (κ2) is 4.68. The minimum absolute atomic E-state index is 0.189. The van der Waals surface area contributed by atoms with Gasteiger partial charge in [-0.25, -0.2) is 4.98 Å². The molecule has 3 rings (SSSR count). The lowest BCUT2D eigenvalue weighted by molar-refractivity contribution is 0.469. The molecule has 4 nitrogen and oxygen atoms in total. The molecule has 19 heavy (non-hydrogen) atoms. The number of rotatable bonds is 2. The molecule has 1 aromatic carbocycles. The van der Waals surface area contributed by atoms with Crippen LogP contribution >= 0.6 is 22.9 Å². The van der Waals surface area contributed by atoms with Gasteiger partial charge in [0.25, 0.3) is 0 Å².